The van der Waals surface area contributed by atoms with E-state index in [0.29, 0.717) is 6.04 Å². The van der Waals surface area contributed by atoms with Crippen molar-refractivity contribution >= 4 is 45.5 Å². The monoisotopic (exact) mass is 391 g/mol. The van der Waals surface area contributed by atoms with Gasteiger partial charge in [0.1, 0.15) is 0 Å². The molecule has 0 fully saturated rings. The zero-order chi connectivity index (χ0) is 13.0. The lowest BCUT2D eigenvalue weighted by molar-refractivity contribution is 0.549. The van der Waals surface area contributed by atoms with Crippen LogP contribution in [0.3, 0.4) is 0 Å². The zero-order valence-corrected chi connectivity index (χ0v) is 13.8. The van der Waals surface area contributed by atoms with Gasteiger partial charge in [-0.05, 0) is 77.7 Å². The second-order valence-electron chi connectivity index (χ2n) is 4.13. The van der Waals surface area contributed by atoms with E-state index < -0.39 is 0 Å². The summed E-state index contributed by atoms with van der Waals surface area (Å²) in [6.45, 7) is 0. The highest BCUT2D eigenvalue weighted by Crippen LogP contribution is 2.27. The van der Waals surface area contributed by atoms with E-state index in [2.05, 4.69) is 57.6 Å². The van der Waals surface area contributed by atoms with E-state index in [4.69, 9.17) is 11.6 Å². The minimum atomic E-state index is 0.359. The third kappa shape index (κ3) is 3.70. The van der Waals surface area contributed by atoms with E-state index in [0.717, 1.165) is 17.9 Å². The fraction of sp³-hybridized carbons (Fsp3) is 0.286. The molecule has 0 saturated heterocycles. The van der Waals surface area contributed by atoms with Crippen molar-refractivity contribution in [3.8, 4) is 0 Å². The Kier molecular flexibility index (Phi) is 5.48. The first kappa shape index (κ1) is 14.3. The summed E-state index contributed by atoms with van der Waals surface area (Å²) in [4.78, 5) is 1.44. The first-order valence-electron chi connectivity index (χ1n) is 5.85. The predicted molar refractivity (Wildman–Crippen MR) is 88.6 cm³/mol. The van der Waals surface area contributed by atoms with Gasteiger partial charge in [0.05, 0.1) is 0 Å². The van der Waals surface area contributed by atoms with Crippen LogP contribution in [0.1, 0.15) is 22.9 Å². The molecule has 18 heavy (non-hydrogen) atoms. The van der Waals surface area contributed by atoms with Gasteiger partial charge in [0.25, 0.3) is 0 Å². The summed E-state index contributed by atoms with van der Waals surface area (Å²) < 4.78 is 1.27. The van der Waals surface area contributed by atoms with Gasteiger partial charge in [-0.25, -0.2) is 0 Å². The van der Waals surface area contributed by atoms with Gasteiger partial charge in [0.15, 0.2) is 0 Å². The molecule has 0 bridgehead atoms. The van der Waals surface area contributed by atoms with Crippen molar-refractivity contribution in [2.45, 2.75) is 18.9 Å². The van der Waals surface area contributed by atoms with Crippen LogP contribution >= 0.6 is 45.5 Å². The molecule has 0 radical (unpaired) electrons. The number of hydrogen-bond acceptors (Lipinski definition) is 2. The number of halogens is 2. The van der Waals surface area contributed by atoms with Gasteiger partial charge in [0.2, 0.25) is 0 Å². The third-order valence-electron chi connectivity index (χ3n) is 2.94. The largest absolute Gasteiger partial charge is 0.313 e. The first-order valence-corrected chi connectivity index (χ1v) is 8.19. The van der Waals surface area contributed by atoms with Gasteiger partial charge >= 0.3 is 0 Å². The molecule has 0 saturated carbocycles. The van der Waals surface area contributed by atoms with Crippen molar-refractivity contribution in [1.82, 2.24) is 5.32 Å². The highest BCUT2D eigenvalue weighted by atomic mass is 127. The molecule has 0 aliphatic carbocycles. The number of benzene rings is 1. The maximum atomic E-state index is 6.09. The van der Waals surface area contributed by atoms with Gasteiger partial charge in [0, 0.05) is 19.5 Å². The minimum absolute atomic E-state index is 0.359. The van der Waals surface area contributed by atoms with E-state index >= 15 is 0 Å². The zero-order valence-electron chi connectivity index (χ0n) is 10.1. The van der Waals surface area contributed by atoms with Crippen LogP contribution in [0.2, 0.25) is 5.02 Å². The van der Waals surface area contributed by atoms with Crippen LogP contribution in [-0.2, 0) is 6.42 Å². The van der Waals surface area contributed by atoms with E-state index in [9.17, 15) is 0 Å². The molecule has 1 unspecified atom stereocenters. The Hall–Kier alpha value is -0.100. The molecule has 0 spiro atoms. The van der Waals surface area contributed by atoms with E-state index in [1.54, 1.807) is 0 Å². The van der Waals surface area contributed by atoms with Gasteiger partial charge < -0.3 is 5.32 Å². The third-order valence-corrected chi connectivity index (χ3v) is 5.10. The Morgan fingerprint density at radius 3 is 2.89 bits per heavy atom. The highest BCUT2D eigenvalue weighted by Gasteiger charge is 2.13. The lowest BCUT2D eigenvalue weighted by Crippen LogP contribution is -2.18. The summed E-state index contributed by atoms with van der Waals surface area (Å²) in [5.74, 6) is 0. The van der Waals surface area contributed by atoms with Gasteiger partial charge in [-0.2, -0.15) is 0 Å². The fourth-order valence-electron chi connectivity index (χ4n) is 1.98. The second-order valence-corrected chi connectivity index (χ2v) is 6.76. The molecule has 2 rings (SSSR count). The number of hydrogen-bond donors (Lipinski definition) is 1. The van der Waals surface area contributed by atoms with Crippen molar-refractivity contribution in [2.75, 3.05) is 7.05 Å². The number of aryl methyl sites for hydroxylation is 1. The molecule has 0 amide bonds. The number of rotatable bonds is 5. The van der Waals surface area contributed by atoms with Gasteiger partial charge in [-0.15, -0.1) is 11.3 Å². The Balaban J connectivity index is 2.10. The summed E-state index contributed by atoms with van der Waals surface area (Å²) in [6, 6.07) is 10.8. The average molecular weight is 392 g/mol. The highest BCUT2D eigenvalue weighted by molar-refractivity contribution is 14.1. The van der Waals surface area contributed by atoms with Crippen LogP contribution in [0.15, 0.2) is 35.7 Å². The molecule has 1 aromatic carbocycles. The molecule has 1 heterocycles. The molecule has 2 aromatic rings. The van der Waals surface area contributed by atoms with Crippen molar-refractivity contribution in [2.24, 2.45) is 0 Å². The van der Waals surface area contributed by atoms with Crippen LogP contribution in [0, 0.1) is 3.57 Å². The molecule has 96 valence electrons. The number of thiophene rings is 1. The lowest BCUT2D eigenvalue weighted by Gasteiger charge is -2.18. The minimum Gasteiger partial charge on any atom is -0.313 e. The van der Waals surface area contributed by atoms with Crippen molar-refractivity contribution < 1.29 is 0 Å². The predicted octanol–water partition coefficient (Wildman–Crippen LogP) is 4.90. The molecule has 0 aliphatic rings. The van der Waals surface area contributed by atoms with Crippen molar-refractivity contribution in [3.05, 3.63) is 54.7 Å². The summed E-state index contributed by atoms with van der Waals surface area (Å²) in [5.41, 5.74) is 1.29. The Morgan fingerprint density at radius 1 is 1.39 bits per heavy atom. The first-order chi connectivity index (χ1) is 8.70. The topological polar surface area (TPSA) is 12.0 Å². The maximum Gasteiger partial charge on any atom is 0.0410 e. The summed E-state index contributed by atoms with van der Waals surface area (Å²) in [5, 5.41) is 6.33. The van der Waals surface area contributed by atoms with Gasteiger partial charge in [-0.1, -0.05) is 17.7 Å². The molecule has 4 heteroatoms. The molecule has 1 N–H and O–H groups in total. The van der Waals surface area contributed by atoms with Crippen LogP contribution in [-0.4, -0.2) is 7.05 Å². The number of nitrogens with one attached hydrogen (secondary N) is 1. The van der Waals surface area contributed by atoms with Gasteiger partial charge in [-0.3, -0.25) is 0 Å². The maximum absolute atomic E-state index is 6.09. The van der Waals surface area contributed by atoms with Crippen LogP contribution in [0.4, 0.5) is 0 Å². The molecule has 1 atom stereocenters. The fourth-order valence-corrected chi connectivity index (χ4v) is 3.60. The molecular formula is C14H15ClINS. The molecule has 1 nitrogen and oxygen atoms in total. The van der Waals surface area contributed by atoms with Crippen molar-refractivity contribution in [3.63, 3.8) is 0 Å². The molecule has 0 aliphatic heterocycles. The van der Waals surface area contributed by atoms with Crippen LogP contribution in [0.5, 0.6) is 0 Å². The van der Waals surface area contributed by atoms with Crippen LogP contribution < -0.4 is 5.32 Å². The Labute approximate surface area is 131 Å². The normalized spacial score (nSPS) is 12.6. The lowest BCUT2D eigenvalue weighted by atomic mass is 10.0. The summed E-state index contributed by atoms with van der Waals surface area (Å²) in [7, 11) is 2.01. The van der Waals surface area contributed by atoms with E-state index in [1.165, 1.54) is 14.0 Å². The van der Waals surface area contributed by atoms with E-state index in [1.807, 2.05) is 24.5 Å². The van der Waals surface area contributed by atoms with E-state index in [-0.39, 0.29) is 0 Å². The Bertz CT molecular complexity index is 499. The van der Waals surface area contributed by atoms with Crippen LogP contribution in [0.25, 0.3) is 0 Å². The summed E-state index contributed by atoms with van der Waals surface area (Å²) in [6.07, 6.45) is 2.19. The van der Waals surface area contributed by atoms with Crippen molar-refractivity contribution in [1.29, 1.82) is 0 Å². The smallest absolute Gasteiger partial charge is 0.0410 e. The Morgan fingerprint density at radius 2 is 2.22 bits per heavy atom. The molecule has 1 aromatic heterocycles. The second kappa shape index (κ2) is 6.89. The SMILES string of the molecule is CNC(CCc1cccs1)c1cc(Cl)ccc1I. The quantitative estimate of drug-likeness (QED) is 0.715. The summed E-state index contributed by atoms with van der Waals surface area (Å²) >= 11 is 10.3. The average Bonchev–Trinajstić information content (AvgIpc) is 2.87. The standard InChI is InChI=1S/C14H15ClINS/c1-17-14(7-5-11-3-2-8-18-11)12-9-10(15)4-6-13(12)16/h2-4,6,8-9,14,17H,5,7H2,1H3. The molecular weight excluding hydrogens is 377 g/mol.